The van der Waals surface area contributed by atoms with Gasteiger partial charge in [0.15, 0.2) is 12.4 Å². The van der Waals surface area contributed by atoms with Crippen molar-refractivity contribution in [3.05, 3.63) is 60.2 Å². The smallest absolute Gasteiger partial charge is 0.310 e. The lowest BCUT2D eigenvalue weighted by Crippen LogP contribution is -2.37. The minimum absolute atomic E-state index is 0.00517. The maximum atomic E-state index is 13.1. The molecule has 2 bridgehead atoms. The van der Waals surface area contributed by atoms with Gasteiger partial charge in [-0.15, -0.1) is 0 Å². The maximum absolute atomic E-state index is 13.1. The van der Waals surface area contributed by atoms with E-state index in [1.54, 1.807) is 43.5 Å². The monoisotopic (exact) mass is 407 g/mol. The first-order chi connectivity index (χ1) is 14.6. The van der Waals surface area contributed by atoms with E-state index in [9.17, 15) is 14.4 Å². The molecule has 2 aliphatic rings. The highest BCUT2D eigenvalue weighted by Crippen LogP contribution is 2.53. The quantitative estimate of drug-likeness (QED) is 0.559. The molecule has 156 valence electrons. The number of Topliss-reactive ketones (excluding diaryl/α,β-unsaturated/α-hetero) is 1. The fraction of sp³-hybridized carbons (Fsp3) is 0.375. The van der Waals surface area contributed by atoms with Crippen molar-refractivity contribution in [2.45, 2.75) is 19.3 Å². The van der Waals surface area contributed by atoms with Crippen LogP contribution >= 0.6 is 0 Å². The molecule has 2 saturated carbocycles. The number of benzene rings is 2. The number of anilines is 1. The van der Waals surface area contributed by atoms with Gasteiger partial charge in [-0.2, -0.15) is 0 Å². The Bertz CT molecular complexity index is 942. The summed E-state index contributed by atoms with van der Waals surface area (Å²) in [5.41, 5.74) is 1.19. The van der Waals surface area contributed by atoms with Crippen molar-refractivity contribution in [1.29, 1.82) is 0 Å². The Morgan fingerprint density at radius 3 is 2.43 bits per heavy atom. The zero-order chi connectivity index (χ0) is 21.1. The number of carbonyl (C=O) groups excluding carboxylic acids is 3. The number of hydrogen-bond acceptors (Lipinski definition) is 5. The van der Waals surface area contributed by atoms with Gasteiger partial charge in [0.2, 0.25) is 0 Å². The largest absolute Gasteiger partial charge is 0.497 e. The number of rotatable bonds is 7. The van der Waals surface area contributed by atoms with E-state index in [0.29, 0.717) is 17.0 Å². The minimum Gasteiger partial charge on any atom is -0.497 e. The van der Waals surface area contributed by atoms with Crippen molar-refractivity contribution in [2.24, 2.45) is 23.7 Å². The SMILES string of the molecule is COc1cccc(NC(=O)COC(=O)[C@H]2[C@H]3CC[C@@H](C3)[C@@H]2C(=O)c2ccccc2)c1. The average molecular weight is 407 g/mol. The van der Waals surface area contributed by atoms with Crippen LogP contribution in [0.15, 0.2) is 54.6 Å². The molecule has 4 atom stereocenters. The summed E-state index contributed by atoms with van der Waals surface area (Å²) in [6.07, 6.45) is 2.77. The van der Waals surface area contributed by atoms with E-state index in [4.69, 9.17) is 9.47 Å². The van der Waals surface area contributed by atoms with Gasteiger partial charge in [-0.05, 0) is 43.2 Å². The number of fused-ring (bicyclic) bond motifs is 2. The van der Waals surface area contributed by atoms with Crippen LogP contribution in [-0.4, -0.2) is 31.4 Å². The molecule has 0 aliphatic heterocycles. The number of methoxy groups -OCH3 is 1. The van der Waals surface area contributed by atoms with E-state index < -0.39 is 17.8 Å². The molecule has 2 aromatic rings. The zero-order valence-corrected chi connectivity index (χ0v) is 16.9. The molecular weight excluding hydrogens is 382 g/mol. The van der Waals surface area contributed by atoms with Crippen molar-refractivity contribution in [1.82, 2.24) is 0 Å². The third kappa shape index (κ3) is 4.08. The van der Waals surface area contributed by atoms with E-state index in [-0.39, 0.29) is 30.1 Å². The van der Waals surface area contributed by atoms with Gasteiger partial charge in [-0.25, -0.2) is 0 Å². The number of carbonyl (C=O) groups is 3. The summed E-state index contributed by atoms with van der Waals surface area (Å²) < 4.78 is 10.5. The Morgan fingerprint density at radius 1 is 0.967 bits per heavy atom. The van der Waals surface area contributed by atoms with E-state index >= 15 is 0 Å². The normalized spacial score (nSPS) is 24.3. The Kier molecular flexibility index (Phi) is 5.84. The van der Waals surface area contributed by atoms with Crippen LogP contribution in [0.5, 0.6) is 5.75 Å². The van der Waals surface area contributed by atoms with Gasteiger partial charge < -0.3 is 14.8 Å². The molecule has 0 saturated heterocycles. The van der Waals surface area contributed by atoms with Crippen molar-refractivity contribution < 1.29 is 23.9 Å². The first-order valence-corrected chi connectivity index (χ1v) is 10.3. The molecule has 0 heterocycles. The second-order valence-corrected chi connectivity index (χ2v) is 8.00. The molecule has 1 amide bonds. The highest BCUT2D eigenvalue weighted by Gasteiger charge is 2.54. The third-order valence-corrected chi connectivity index (χ3v) is 6.25. The highest BCUT2D eigenvalue weighted by atomic mass is 16.5. The summed E-state index contributed by atoms with van der Waals surface area (Å²) in [6, 6.07) is 16.1. The standard InChI is InChI=1S/C24H25NO5/c1-29-19-9-5-8-18(13-19)25-20(26)14-30-24(28)22-17-11-10-16(12-17)21(22)23(27)15-6-3-2-4-7-15/h2-9,13,16-17,21-22H,10-12,14H2,1H3,(H,25,26)/t16-,17-,21-,22-/m0/s1. The second-order valence-electron chi connectivity index (χ2n) is 8.00. The topological polar surface area (TPSA) is 81.7 Å². The van der Waals surface area contributed by atoms with E-state index in [1.165, 1.54) is 0 Å². The molecule has 30 heavy (non-hydrogen) atoms. The van der Waals surface area contributed by atoms with Gasteiger partial charge in [-0.3, -0.25) is 14.4 Å². The van der Waals surface area contributed by atoms with Gasteiger partial charge in [-0.1, -0.05) is 36.4 Å². The van der Waals surface area contributed by atoms with Crippen LogP contribution in [-0.2, 0) is 14.3 Å². The molecule has 6 nitrogen and oxygen atoms in total. The van der Waals surface area contributed by atoms with Crippen LogP contribution in [0.2, 0.25) is 0 Å². The molecule has 1 N–H and O–H groups in total. The average Bonchev–Trinajstić information content (AvgIpc) is 3.39. The Labute approximate surface area is 175 Å². The molecule has 2 fully saturated rings. The molecule has 6 heteroatoms. The van der Waals surface area contributed by atoms with Crippen molar-refractivity contribution >= 4 is 23.3 Å². The highest BCUT2D eigenvalue weighted by molar-refractivity contribution is 6.01. The summed E-state index contributed by atoms with van der Waals surface area (Å²) in [7, 11) is 1.55. The first kappa shape index (κ1) is 20.1. The molecule has 2 aliphatic carbocycles. The van der Waals surface area contributed by atoms with E-state index in [2.05, 4.69) is 5.32 Å². The number of ether oxygens (including phenoxy) is 2. The predicted molar refractivity (Wildman–Crippen MR) is 111 cm³/mol. The van der Waals surface area contributed by atoms with Crippen molar-refractivity contribution in [3.63, 3.8) is 0 Å². The van der Waals surface area contributed by atoms with Crippen LogP contribution in [0.1, 0.15) is 29.6 Å². The van der Waals surface area contributed by atoms with Crippen LogP contribution in [0.4, 0.5) is 5.69 Å². The van der Waals surface area contributed by atoms with E-state index in [0.717, 1.165) is 19.3 Å². The maximum Gasteiger partial charge on any atom is 0.310 e. The van der Waals surface area contributed by atoms with Gasteiger partial charge >= 0.3 is 5.97 Å². The third-order valence-electron chi connectivity index (χ3n) is 6.25. The lowest BCUT2D eigenvalue weighted by Gasteiger charge is -2.28. The van der Waals surface area contributed by atoms with Crippen LogP contribution in [0.25, 0.3) is 0 Å². The number of nitrogens with one attached hydrogen (secondary N) is 1. The second kappa shape index (κ2) is 8.69. The fourth-order valence-electron chi connectivity index (χ4n) is 4.93. The van der Waals surface area contributed by atoms with E-state index in [1.807, 2.05) is 18.2 Å². The van der Waals surface area contributed by atoms with Crippen molar-refractivity contribution in [3.8, 4) is 5.75 Å². The first-order valence-electron chi connectivity index (χ1n) is 10.3. The van der Waals surface area contributed by atoms with Gasteiger partial charge in [0, 0.05) is 23.2 Å². The Morgan fingerprint density at radius 2 is 1.70 bits per heavy atom. The molecule has 2 aromatic carbocycles. The van der Waals surface area contributed by atoms with Crippen LogP contribution in [0.3, 0.4) is 0 Å². The summed E-state index contributed by atoms with van der Waals surface area (Å²) >= 11 is 0. The lowest BCUT2D eigenvalue weighted by molar-refractivity contribution is -0.154. The number of amides is 1. The zero-order valence-electron chi connectivity index (χ0n) is 16.9. The molecular formula is C24H25NO5. The van der Waals surface area contributed by atoms with Gasteiger partial charge in [0.25, 0.3) is 5.91 Å². The summed E-state index contributed by atoms with van der Waals surface area (Å²) in [6.45, 7) is -0.379. The summed E-state index contributed by atoms with van der Waals surface area (Å²) in [4.78, 5) is 38.2. The Balaban J connectivity index is 1.39. The molecule has 0 aromatic heterocycles. The predicted octanol–water partition coefficient (Wildman–Crippen LogP) is 3.72. The number of hydrogen-bond donors (Lipinski definition) is 1. The van der Waals surface area contributed by atoms with Gasteiger partial charge in [0.05, 0.1) is 13.0 Å². The molecule has 0 radical (unpaired) electrons. The van der Waals surface area contributed by atoms with Crippen LogP contribution in [0, 0.1) is 23.7 Å². The minimum atomic E-state index is -0.471. The Hall–Kier alpha value is -3.15. The molecule has 0 spiro atoms. The number of ketones is 1. The fourth-order valence-corrected chi connectivity index (χ4v) is 4.93. The van der Waals surface area contributed by atoms with Crippen molar-refractivity contribution in [2.75, 3.05) is 19.0 Å². The summed E-state index contributed by atoms with van der Waals surface area (Å²) in [5, 5.41) is 2.69. The van der Waals surface area contributed by atoms with Gasteiger partial charge in [0.1, 0.15) is 5.75 Å². The number of esters is 1. The summed E-state index contributed by atoms with van der Waals surface area (Å²) in [5.74, 6) is -0.712. The van der Waals surface area contributed by atoms with Crippen LogP contribution < -0.4 is 10.1 Å². The molecule has 0 unspecified atom stereocenters. The molecule has 4 rings (SSSR count). The lowest BCUT2D eigenvalue weighted by atomic mass is 9.75.